The first-order chi connectivity index (χ1) is 33.3. The largest absolute Gasteiger partial charge is 0.391 e. The molecule has 1 unspecified atom stereocenters. The third kappa shape index (κ3) is 12.2. The van der Waals surface area contributed by atoms with Gasteiger partial charge in [-0.15, -0.1) is 0 Å². The summed E-state index contributed by atoms with van der Waals surface area (Å²) in [6.45, 7) is -0.285. The normalized spacial score (nSPS) is 22.7. The van der Waals surface area contributed by atoms with E-state index in [0.717, 1.165) is 16.7 Å². The van der Waals surface area contributed by atoms with Crippen molar-refractivity contribution in [2.24, 2.45) is 5.73 Å². The molecule has 0 aliphatic carbocycles. The molecule has 2 fully saturated rings. The summed E-state index contributed by atoms with van der Waals surface area (Å²) < 4.78 is 98.1. The van der Waals surface area contributed by atoms with Crippen LogP contribution < -0.4 is 5.73 Å². The van der Waals surface area contributed by atoms with Crippen LogP contribution in [0.2, 0.25) is 0 Å². The summed E-state index contributed by atoms with van der Waals surface area (Å²) in [6.07, 6.45) is -8.84. The van der Waals surface area contributed by atoms with Gasteiger partial charge in [0, 0.05) is 22.3 Å². The molecule has 6 aromatic carbocycles. The average molecular weight is 945 g/mol. The summed E-state index contributed by atoms with van der Waals surface area (Å²) >= 11 is 5.41. The summed E-state index contributed by atoms with van der Waals surface area (Å²) in [5.74, 6) is -1.56. The molecular formula is C54H51F3N2O8S. The fourth-order valence-electron chi connectivity index (χ4n) is 8.35. The zero-order chi connectivity index (χ0) is 47.2. The van der Waals surface area contributed by atoms with E-state index in [0.29, 0.717) is 5.56 Å². The van der Waals surface area contributed by atoms with E-state index < -0.39 is 72.4 Å². The minimum atomic E-state index is -1.12. The zero-order valence-corrected chi connectivity index (χ0v) is 37.8. The van der Waals surface area contributed by atoms with E-state index in [2.05, 4.69) is 6.07 Å². The van der Waals surface area contributed by atoms with E-state index >= 15 is 4.39 Å². The summed E-state index contributed by atoms with van der Waals surface area (Å²) in [7, 11) is 0. The summed E-state index contributed by atoms with van der Waals surface area (Å²) in [6, 6.07) is 48.0. The van der Waals surface area contributed by atoms with Crippen molar-refractivity contribution in [2.45, 2.75) is 94.6 Å². The van der Waals surface area contributed by atoms with E-state index in [9.17, 15) is 14.0 Å². The predicted octanol–water partition coefficient (Wildman–Crippen LogP) is 9.56. The molecule has 2 aliphatic rings. The molecule has 0 saturated carbocycles. The predicted molar refractivity (Wildman–Crippen MR) is 250 cm³/mol. The Morgan fingerprint density at radius 1 is 0.559 bits per heavy atom. The number of nitrogens with two attached hydrogens (primary N) is 1. The number of thiocarbonyl (C=S) groups is 1. The van der Waals surface area contributed by atoms with Gasteiger partial charge >= 0.3 is 0 Å². The lowest BCUT2D eigenvalue weighted by Gasteiger charge is -2.30. The molecule has 68 heavy (non-hydrogen) atoms. The maximum Gasteiger partial charge on any atom is 0.173 e. The van der Waals surface area contributed by atoms with E-state index in [1.807, 2.05) is 91.0 Å². The summed E-state index contributed by atoms with van der Waals surface area (Å²) in [5.41, 5.74) is 9.65. The lowest BCUT2D eigenvalue weighted by molar-refractivity contribution is -0.122. The Hall–Kier alpha value is -5.83. The third-order valence-electron chi connectivity index (χ3n) is 11.8. The first-order valence-electron chi connectivity index (χ1n) is 22.3. The Balaban J connectivity index is 1.09. The van der Waals surface area contributed by atoms with Gasteiger partial charge in [0.05, 0.1) is 52.3 Å². The minimum absolute atomic E-state index is 0.0392. The van der Waals surface area contributed by atoms with Crippen molar-refractivity contribution >= 4 is 17.2 Å². The first-order valence-corrected chi connectivity index (χ1v) is 22.7. The van der Waals surface area contributed by atoms with Gasteiger partial charge in [-0.05, 0) is 28.8 Å². The number of rotatable bonds is 22. The molecule has 2 saturated heterocycles. The molecular weight excluding hydrogens is 894 g/mol. The van der Waals surface area contributed by atoms with Crippen LogP contribution in [0.25, 0.3) is 0 Å². The lowest BCUT2D eigenvalue weighted by Crippen LogP contribution is -2.42. The molecule has 2 heterocycles. The molecule has 2 aliphatic heterocycles. The Bertz CT molecular complexity index is 2590. The number of nitriles is 1. The quantitative estimate of drug-likeness (QED) is 0.0655. The molecule has 0 amide bonds. The van der Waals surface area contributed by atoms with Crippen LogP contribution in [0.15, 0.2) is 158 Å². The number of ether oxygens (including phenoxy) is 8. The maximum absolute atomic E-state index is 17.5. The number of hydrogen-bond acceptors (Lipinski definition) is 10. The second kappa shape index (κ2) is 23.9. The third-order valence-corrected chi connectivity index (χ3v) is 12.1. The Morgan fingerprint density at radius 3 is 1.65 bits per heavy atom. The van der Waals surface area contributed by atoms with Gasteiger partial charge in [-0.1, -0.05) is 158 Å². The van der Waals surface area contributed by atoms with Crippen molar-refractivity contribution in [1.82, 2.24) is 0 Å². The fourth-order valence-corrected chi connectivity index (χ4v) is 8.54. The summed E-state index contributed by atoms with van der Waals surface area (Å²) in [4.78, 5) is -0.0392. The van der Waals surface area contributed by atoms with Gasteiger partial charge in [0.1, 0.15) is 71.3 Å². The van der Waals surface area contributed by atoms with Gasteiger partial charge in [-0.3, -0.25) is 0 Å². The van der Waals surface area contributed by atoms with Crippen LogP contribution in [0, 0.1) is 28.8 Å². The monoisotopic (exact) mass is 944 g/mol. The van der Waals surface area contributed by atoms with E-state index in [-0.39, 0.29) is 67.9 Å². The highest BCUT2D eigenvalue weighted by Gasteiger charge is 2.52. The molecule has 6 aromatic rings. The van der Waals surface area contributed by atoms with Crippen molar-refractivity contribution in [1.29, 1.82) is 5.26 Å². The fraction of sp³-hybridized carbons (Fsp3) is 0.296. The Labute approximate surface area is 399 Å². The first kappa shape index (κ1) is 48.6. The van der Waals surface area contributed by atoms with E-state index in [1.165, 1.54) is 12.1 Å². The second-order valence-corrected chi connectivity index (χ2v) is 16.9. The van der Waals surface area contributed by atoms with Crippen molar-refractivity contribution in [3.63, 3.8) is 0 Å². The SMILES string of the molecule is N#C[C@H]1O[C@H](C(OCc2ccccc2)c2cccc(CO[C@H]3[C@@H](OCc4ccccc4F)[C@@H](C(N)=S)O[C@@H]3COCc3ccccc3F)c2F)[C@@H](OCc2ccccc2)[C@H]1OCc1ccccc1. The van der Waals surface area contributed by atoms with Gasteiger partial charge in [-0.25, -0.2) is 13.2 Å². The van der Waals surface area contributed by atoms with E-state index in [4.69, 9.17) is 55.8 Å². The molecule has 0 radical (unpaired) electrons. The topological polar surface area (TPSA) is 124 Å². The zero-order valence-electron chi connectivity index (χ0n) is 37.0. The van der Waals surface area contributed by atoms with Crippen molar-refractivity contribution in [3.8, 4) is 6.07 Å². The molecule has 0 spiro atoms. The molecule has 14 heteroatoms. The van der Waals surface area contributed by atoms with Crippen molar-refractivity contribution < 1.29 is 51.1 Å². The van der Waals surface area contributed by atoms with Crippen LogP contribution in [0.4, 0.5) is 13.2 Å². The maximum atomic E-state index is 17.5. The number of halogens is 3. The Morgan fingerprint density at radius 2 is 1.06 bits per heavy atom. The molecule has 2 N–H and O–H groups in total. The van der Waals surface area contributed by atoms with Gasteiger partial charge in [0.25, 0.3) is 0 Å². The Kier molecular flexibility index (Phi) is 17.1. The molecule has 352 valence electrons. The average Bonchev–Trinajstić information content (AvgIpc) is 3.90. The standard InChI is InChI=1S/C54H51F3N2O8S/c55-42-25-12-10-21-38(42)31-60-34-45-49(51(53(67-45)54(59)68)65-32-39-22-11-13-26-43(39)56)64-33-40-23-14-24-41(46(40)57)47(61-28-35-15-4-1-5-16-35)52-50(63-30-37-19-8-3-9-20-37)48(44(27-58)66-52)62-29-36-17-6-2-7-18-36/h1-26,44-45,47-53H,28-34H2,(H2,59,68)/t44-,45-,47?,48+,49-,50+,51-,52-,53+/m1/s1. The van der Waals surface area contributed by atoms with Crippen LogP contribution in [0.1, 0.15) is 45.0 Å². The van der Waals surface area contributed by atoms with Crippen LogP contribution >= 0.6 is 12.2 Å². The molecule has 0 bridgehead atoms. The van der Waals surface area contributed by atoms with Crippen LogP contribution in [-0.4, -0.2) is 60.4 Å². The molecule has 8 rings (SSSR count). The van der Waals surface area contributed by atoms with Crippen molar-refractivity contribution in [2.75, 3.05) is 6.61 Å². The molecule has 0 aromatic heterocycles. The van der Waals surface area contributed by atoms with Crippen molar-refractivity contribution in [3.05, 3.63) is 214 Å². The highest BCUT2D eigenvalue weighted by atomic mass is 32.1. The molecule has 10 nitrogen and oxygen atoms in total. The minimum Gasteiger partial charge on any atom is -0.391 e. The van der Waals surface area contributed by atoms with Gasteiger partial charge < -0.3 is 43.6 Å². The second-order valence-electron chi connectivity index (χ2n) is 16.5. The van der Waals surface area contributed by atoms with E-state index in [1.54, 1.807) is 54.6 Å². The number of nitrogens with zero attached hydrogens (tertiary/aromatic N) is 1. The highest BCUT2D eigenvalue weighted by Crippen LogP contribution is 2.40. The van der Waals surface area contributed by atoms with Crippen LogP contribution in [-0.2, 0) is 77.5 Å². The van der Waals surface area contributed by atoms with Crippen LogP contribution in [0.3, 0.4) is 0 Å². The van der Waals surface area contributed by atoms with Crippen LogP contribution in [0.5, 0.6) is 0 Å². The highest BCUT2D eigenvalue weighted by molar-refractivity contribution is 7.80. The van der Waals surface area contributed by atoms with Gasteiger partial charge in [-0.2, -0.15) is 5.26 Å². The smallest absolute Gasteiger partial charge is 0.173 e. The van der Waals surface area contributed by atoms with Gasteiger partial charge in [0.2, 0.25) is 0 Å². The number of benzene rings is 6. The molecule has 9 atom stereocenters. The number of hydrogen-bond donors (Lipinski definition) is 1. The van der Waals surface area contributed by atoms with Gasteiger partial charge in [0.15, 0.2) is 6.10 Å². The lowest BCUT2D eigenvalue weighted by atomic mass is 9.95. The summed E-state index contributed by atoms with van der Waals surface area (Å²) in [5, 5.41) is 10.5.